The van der Waals surface area contributed by atoms with Crippen LogP contribution in [0.15, 0.2) is 51.7 Å². The molecule has 0 saturated carbocycles. The lowest BCUT2D eigenvalue weighted by atomic mass is 9.86. The van der Waals surface area contributed by atoms with Crippen LogP contribution >= 0.6 is 0 Å². The highest BCUT2D eigenvalue weighted by molar-refractivity contribution is 5.99. The Labute approximate surface area is 180 Å². The Morgan fingerprint density at radius 1 is 1.10 bits per heavy atom. The van der Waals surface area contributed by atoms with Crippen molar-refractivity contribution >= 4 is 16.9 Å². The summed E-state index contributed by atoms with van der Waals surface area (Å²) in [6.45, 7) is 7.28. The number of hydrogen-bond donors (Lipinski definition) is 0. The van der Waals surface area contributed by atoms with Crippen LogP contribution in [-0.2, 0) is 10.2 Å². The molecule has 1 atom stereocenters. The number of fused-ring (bicyclic) bond motifs is 2. The molecule has 6 heteroatoms. The van der Waals surface area contributed by atoms with E-state index in [1.165, 1.54) is 18.2 Å². The molecule has 0 saturated heterocycles. The van der Waals surface area contributed by atoms with Gasteiger partial charge in [0.05, 0.1) is 17.0 Å². The molecule has 4 rings (SSSR count). The minimum atomic E-state index is -0.586. The van der Waals surface area contributed by atoms with Crippen molar-refractivity contribution in [3.63, 3.8) is 0 Å². The average Bonchev–Trinajstić information content (AvgIpc) is 3.01. The predicted molar refractivity (Wildman–Crippen MR) is 117 cm³/mol. The normalized spacial score (nSPS) is 16.2. The molecule has 2 aromatic carbocycles. The average molecular weight is 423 g/mol. The summed E-state index contributed by atoms with van der Waals surface area (Å²) in [4.78, 5) is 28.3. The van der Waals surface area contributed by atoms with E-state index in [9.17, 15) is 14.0 Å². The lowest BCUT2D eigenvalue weighted by molar-refractivity contribution is 0.0708. The second-order valence-corrected chi connectivity index (χ2v) is 8.93. The first-order chi connectivity index (χ1) is 14.7. The molecule has 5 nitrogen and oxygen atoms in total. The summed E-state index contributed by atoms with van der Waals surface area (Å²) in [6.07, 6.45) is 0.620. The number of rotatable bonds is 5. The maximum atomic E-state index is 13.8. The Balaban J connectivity index is 1.88. The van der Waals surface area contributed by atoms with E-state index in [1.807, 2.05) is 24.3 Å². The van der Waals surface area contributed by atoms with Crippen molar-refractivity contribution in [3.8, 4) is 0 Å². The number of benzene rings is 2. The van der Waals surface area contributed by atoms with Gasteiger partial charge >= 0.3 is 0 Å². The van der Waals surface area contributed by atoms with Gasteiger partial charge in [0, 0.05) is 20.3 Å². The first kappa shape index (κ1) is 21.2. The molecule has 1 amide bonds. The first-order valence-corrected chi connectivity index (χ1v) is 10.4. The number of nitrogens with zero attached hydrogens (tertiary/aromatic N) is 1. The lowest BCUT2D eigenvalue weighted by Gasteiger charge is -2.26. The molecule has 162 valence electrons. The van der Waals surface area contributed by atoms with Gasteiger partial charge in [-0.3, -0.25) is 9.59 Å². The topological polar surface area (TPSA) is 59.8 Å². The molecule has 0 spiro atoms. The van der Waals surface area contributed by atoms with Crippen molar-refractivity contribution in [2.45, 2.75) is 38.6 Å². The Kier molecular flexibility index (Phi) is 5.43. The minimum absolute atomic E-state index is 0.0210. The third kappa shape index (κ3) is 3.76. The third-order valence-electron chi connectivity index (χ3n) is 5.77. The van der Waals surface area contributed by atoms with Crippen molar-refractivity contribution in [3.05, 3.63) is 81.0 Å². The van der Waals surface area contributed by atoms with Gasteiger partial charge in [-0.05, 0) is 41.2 Å². The van der Waals surface area contributed by atoms with E-state index in [2.05, 4.69) is 20.8 Å². The Bertz CT molecular complexity index is 1190. The third-order valence-corrected chi connectivity index (χ3v) is 5.77. The summed E-state index contributed by atoms with van der Waals surface area (Å²) >= 11 is 0. The number of ether oxygens (including phenoxy) is 1. The largest absolute Gasteiger partial charge is 0.450 e. The van der Waals surface area contributed by atoms with E-state index in [0.29, 0.717) is 19.6 Å². The quantitative estimate of drug-likeness (QED) is 0.553. The summed E-state index contributed by atoms with van der Waals surface area (Å²) < 4.78 is 24.8. The zero-order valence-corrected chi connectivity index (χ0v) is 18.2. The van der Waals surface area contributed by atoms with Crippen LogP contribution in [0.4, 0.5) is 4.39 Å². The van der Waals surface area contributed by atoms with Crippen molar-refractivity contribution in [2.75, 3.05) is 20.3 Å². The van der Waals surface area contributed by atoms with Crippen LogP contribution < -0.4 is 5.43 Å². The molecule has 31 heavy (non-hydrogen) atoms. The van der Waals surface area contributed by atoms with E-state index in [4.69, 9.17) is 9.15 Å². The molecule has 0 bridgehead atoms. The maximum Gasteiger partial charge on any atom is 0.290 e. The van der Waals surface area contributed by atoms with Crippen LogP contribution in [0.25, 0.3) is 11.0 Å². The van der Waals surface area contributed by atoms with E-state index in [1.54, 1.807) is 12.0 Å². The smallest absolute Gasteiger partial charge is 0.290 e. The Morgan fingerprint density at radius 2 is 1.81 bits per heavy atom. The number of amides is 1. The molecule has 3 aromatic rings. The van der Waals surface area contributed by atoms with Gasteiger partial charge in [-0.15, -0.1) is 0 Å². The molecule has 0 fully saturated rings. The molecule has 1 aromatic heterocycles. The van der Waals surface area contributed by atoms with Gasteiger partial charge < -0.3 is 14.1 Å². The Morgan fingerprint density at radius 3 is 2.45 bits per heavy atom. The zero-order chi connectivity index (χ0) is 22.3. The van der Waals surface area contributed by atoms with E-state index in [-0.39, 0.29) is 39.0 Å². The van der Waals surface area contributed by atoms with Crippen LogP contribution in [0.3, 0.4) is 0 Å². The van der Waals surface area contributed by atoms with Gasteiger partial charge in [0.15, 0.2) is 5.43 Å². The second kappa shape index (κ2) is 7.93. The van der Waals surface area contributed by atoms with Crippen LogP contribution in [0.2, 0.25) is 0 Å². The van der Waals surface area contributed by atoms with E-state index < -0.39 is 11.9 Å². The van der Waals surface area contributed by atoms with Crippen molar-refractivity contribution in [2.24, 2.45) is 0 Å². The number of carbonyl (C=O) groups is 1. The summed E-state index contributed by atoms with van der Waals surface area (Å²) in [5.41, 5.74) is 2.05. The van der Waals surface area contributed by atoms with Gasteiger partial charge in [-0.2, -0.15) is 0 Å². The number of carbonyl (C=O) groups excluding carboxylic acids is 1. The molecule has 2 heterocycles. The standard InChI is InChI=1S/C25H26FNO4/c1-25(2,3)16-8-6-15(7-9-16)21-20-22(28)18-14-17(26)10-11-19(18)31-23(20)24(29)27(21)12-5-13-30-4/h6-11,14,21H,5,12-13H2,1-4H3. The molecule has 0 radical (unpaired) electrons. The molecule has 1 unspecified atom stereocenters. The summed E-state index contributed by atoms with van der Waals surface area (Å²) in [5, 5.41) is 0.140. The highest BCUT2D eigenvalue weighted by Gasteiger charge is 2.42. The molecule has 0 N–H and O–H groups in total. The van der Waals surface area contributed by atoms with Crippen LogP contribution in [0.5, 0.6) is 0 Å². The van der Waals surface area contributed by atoms with Gasteiger partial charge in [-0.25, -0.2) is 4.39 Å². The highest BCUT2D eigenvalue weighted by atomic mass is 19.1. The fourth-order valence-corrected chi connectivity index (χ4v) is 4.11. The first-order valence-electron chi connectivity index (χ1n) is 10.4. The summed E-state index contributed by atoms with van der Waals surface area (Å²) in [5.74, 6) is -0.821. The monoisotopic (exact) mass is 423 g/mol. The Hall–Kier alpha value is -2.99. The second-order valence-electron chi connectivity index (χ2n) is 8.93. The number of methoxy groups -OCH3 is 1. The zero-order valence-electron chi connectivity index (χ0n) is 18.2. The fraction of sp³-hybridized carbons (Fsp3) is 0.360. The maximum absolute atomic E-state index is 13.8. The molecule has 1 aliphatic rings. The van der Waals surface area contributed by atoms with Crippen molar-refractivity contribution in [1.29, 1.82) is 0 Å². The van der Waals surface area contributed by atoms with Crippen molar-refractivity contribution in [1.82, 2.24) is 4.90 Å². The molecule has 0 aliphatic carbocycles. The fourth-order valence-electron chi connectivity index (χ4n) is 4.11. The minimum Gasteiger partial charge on any atom is -0.450 e. The van der Waals surface area contributed by atoms with Crippen molar-refractivity contribution < 1.29 is 18.3 Å². The van der Waals surface area contributed by atoms with Crippen LogP contribution in [0, 0.1) is 5.82 Å². The van der Waals surface area contributed by atoms with Crippen LogP contribution in [-0.4, -0.2) is 31.1 Å². The SMILES string of the molecule is COCCCN1C(=O)c2oc3ccc(F)cc3c(=O)c2C1c1ccc(C(C)(C)C)cc1. The van der Waals surface area contributed by atoms with Gasteiger partial charge in [0.25, 0.3) is 5.91 Å². The van der Waals surface area contributed by atoms with E-state index in [0.717, 1.165) is 11.1 Å². The number of halogens is 1. The van der Waals surface area contributed by atoms with Gasteiger partial charge in [-0.1, -0.05) is 45.0 Å². The lowest BCUT2D eigenvalue weighted by Crippen LogP contribution is -2.31. The summed E-state index contributed by atoms with van der Waals surface area (Å²) in [7, 11) is 1.61. The highest BCUT2D eigenvalue weighted by Crippen LogP contribution is 2.38. The van der Waals surface area contributed by atoms with Crippen LogP contribution in [0.1, 0.15) is 60.5 Å². The van der Waals surface area contributed by atoms with E-state index >= 15 is 0 Å². The molecular weight excluding hydrogens is 397 g/mol. The van der Waals surface area contributed by atoms with Gasteiger partial charge in [0.2, 0.25) is 5.76 Å². The molecular formula is C25H26FNO4. The van der Waals surface area contributed by atoms with Gasteiger partial charge in [0.1, 0.15) is 11.4 Å². The molecule has 1 aliphatic heterocycles. The summed E-state index contributed by atoms with van der Waals surface area (Å²) in [6, 6.07) is 11.1. The predicted octanol–water partition coefficient (Wildman–Crippen LogP) is 4.81. The number of hydrogen-bond acceptors (Lipinski definition) is 4.